The van der Waals surface area contributed by atoms with E-state index in [9.17, 15) is 0 Å². The molecule has 0 fully saturated rings. The molecule has 0 aliphatic heterocycles. The third kappa shape index (κ3) is 2.17. The van der Waals surface area contributed by atoms with Gasteiger partial charge < -0.3 is 10.8 Å². The first-order valence-electron chi connectivity index (χ1n) is 3.67. The Morgan fingerprint density at radius 2 is 2.25 bits per heavy atom. The Hall–Kier alpha value is -0.640. The number of aromatic nitrogens is 1. The highest BCUT2D eigenvalue weighted by molar-refractivity contribution is 6.29. The quantitative estimate of drug-likeness (QED) is 0.681. The number of nitrogens with two attached hydrogens (primary N) is 1. The van der Waals surface area contributed by atoms with Crippen LogP contribution in [0.15, 0.2) is 18.2 Å². The van der Waals surface area contributed by atoms with E-state index in [1.807, 2.05) is 0 Å². The fourth-order valence-corrected chi connectivity index (χ4v) is 1.03. The van der Waals surface area contributed by atoms with Crippen molar-refractivity contribution in [2.24, 2.45) is 5.73 Å². The molecule has 3 N–H and O–H groups in total. The summed E-state index contributed by atoms with van der Waals surface area (Å²) in [5.74, 6) is 0. The van der Waals surface area contributed by atoms with E-state index in [1.54, 1.807) is 25.1 Å². The van der Waals surface area contributed by atoms with Crippen LogP contribution in [0.2, 0.25) is 5.15 Å². The van der Waals surface area contributed by atoms with Crippen LogP contribution in [0, 0.1) is 0 Å². The SMILES string of the molecule is C[C@@H](O)[C@@H](N)c1cccc(Cl)n1. The summed E-state index contributed by atoms with van der Waals surface area (Å²) in [6.45, 7) is 1.62. The third-order valence-corrected chi connectivity index (χ3v) is 1.81. The average molecular weight is 187 g/mol. The maximum absolute atomic E-state index is 9.16. The van der Waals surface area contributed by atoms with Crippen LogP contribution in [0.3, 0.4) is 0 Å². The second kappa shape index (κ2) is 3.85. The van der Waals surface area contributed by atoms with Crippen molar-refractivity contribution in [3.8, 4) is 0 Å². The Bertz CT molecular complexity index is 265. The molecule has 3 nitrogen and oxygen atoms in total. The van der Waals surface area contributed by atoms with Gasteiger partial charge in [0.2, 0.25) is 0 Å². The van der Waals surface area contributed by atoms with Crippen molar-refractivity contribution < 1.29 is 5.11 Å². The van der Waals surface area contributed by atoms with Gasteiger partial charge in [-0.15, -0.1) is 0 Å². The lowest BCUT2D eigenvalue weighted by Gasteiger charge is -2.13. The van der Waals surface area contributed by atoms with Crippen LogP contribution in [-0.2, 0) is 0 Å². The monoisotopic (exact) mass is 186 g/mol. The zero-order valence-corrected chi connectivity index (χ0v) is 7.49. The van der Waals surface area contributed by atoms with Gasteiger partial charge in [-0.25, -0.2) is 4.98 Å². The number of aliphatic hydroxyl groups is 1. The largest absolute Gasteiger partial charge is 0.391 e. The summed E-state index contributed by atoms with van der Waals surface area (Å²) in [6.07, 6.45) is -0.615. The third-order valence-electron chi connectivity index (χ3n) is 1.60. The predicted octanol–water partition coefficient (Wildman–Crippen LogP) is 1.12. The van der Waals surface area contributed by atoms with Crippen molar-refractivity contribution in [3.05, 3.63) is 29.0 Å². The first kappa shape index (κ1) is 9.45. The molecule has 12 heavy (non-hydrogen) atoms. The maximum Gasteiger partial charge on any atom is 0.129 e. The van der Waals surface area contributed by atoms with Gasteiger partial charge in [0.15, 0.2) is 0 Å². The fourth-order valence-electron chi connectivity index (χ4n) is 0.857. The van der Waals surface area contributed by atoms with Crippen LogP contribution in [0.5, 0.6) is 0 Å². The Balaban J connectivity index is 2.88. The Labute approximate surface area is 76.2 Å². The molecule has 0 aliphatic carbocycles. The second-order valence-corrected chi connectivity index (χ2v) is 3.04. The van der Waals surface area contributed by atoms with Crippen molar-refractivity contribution in [2.45, 2.75) is 19.1 Å². The fraction of sp³-hybridized carbons (Fsp3) is 0.375. The summed E-state index contributed by atoms with van der Waals surface area (Å²) in [4.78, 5) is 3.97. The van der Waals surface area contributed by atoms with Crippen molar-refractivity contribution >= 4 is 11.6 Å². The zero-order chi connectivity index (χ0) is 9.14. The molecule has 0 bridgehead atoms. The molecule has 66 valence electrons. The van der Waals surface area contributed by atoms with E-state index in [1.165, 1.54) is 0 Å². The van der Waals surface area contributed by atoms with Crippen molar-refractivity contribution in [2.75, 3.05) is 0 Å². The minimum Gasteiger partial charge on any atom is -0.391 e. The first-order valence-corrected chi connectivity index (χ1v) is 4.05. The second-order valence-electron chi connectivity index (χ2n) is 2.65. The Morgan fingerprint density at radius 1 is 1.58 bits per heavy atom. The zero-order valence-electron chi connectivity index (χ0n) is 6.74. The molecule has 0 unspecified atom stereocenters. The smallest absolute Gasteiger partial charge is 0.129 e. The molecule has 0 aromatic carbocycles. The summed E-state index contributed by atoms with van der Waals surface area (Å²) in [6, 6.07) is 4.69. The van der Waals surface area contributed by atoms with E-state index in [2.05, 4.69) is 4.98 Å². The van der Waals surface area contributed by atoms with Crippen molar-refractivity contribution in [1.82, 2.24) is 4.98 Å². The number of halogens is 1. The summed E-state index contributed by atoms with van der Waals surface area (Å²) >= 11 is 5.65. The summed E-state index contributed by atoms with van der Waals surface area (Å²) in [7, 11) is 0. The molecule has 1 aromatic heterocycles. The van der Waals surface area contributed by atoms with E-state index < -0.39 is 12.1 Å². The number of pyridine rings is 1. The van der Waals surface area contributed by atoms with Crippen LogP contribution >= 0.6 is 11.6 Å². The van der Waals surface area contributed by atoms with Gasteiger partial charge in [-0.05, 0) is 19.1 Å². The number of aliphatic hydroxyl groups excluding tert-OH is 1. The first-order chi connectivity index (χ1) is 5.61. The molecule has 0 radical (unpaired) electrons. The van der Waals surface area contributed by atoms with Gasteiger partial charge in [0, 0.05) is 0 Å². The molecule has 0 saturated carbocycles. The van der Waals surface area contributed by atoms with Crippen LogP contribution in [0.1, 0.15) is 18.7 Å². The van der Waals surface area contributed by atoms with Crippen LogP contribution in [-0.4, -0.2) is 16.2 Å². The van der Waals surface area contributed by atoms with Gasteiger partial charge >= 0.3 is 0 Å². The highest BCUT2D eigenvalue weighted by atomic mass is 35.5. The van der Waals surface area contributed by atoms with Gasteiger partial charge in [0.1, 0.15) is 5.15 Å². The Kier molecular flexibility index (Phi) is 3.03. The average Bonchev–Trinajstić information content (AvgIpc) is 2.03. The molecular weight excluding hydrogens is 176 g/mol. The molecule has 0 saturated heterocycles. The predicted molar refractivity (Wildman–Crippen MR) is 47.9 cm³/mol. The standard InChI is InChI=1S/C8H11ClN2O/c1-5(12)8(10)6-3-2-4-7(9)11-6/h2-5,8,12H,10H2,1H3/t5-,8-/m1/s1. The molecule has 0 aliphatic rings. The highest BCUT2D eigenvalue weighted by Gasteiger charge is 2.12. The minimum absolute atomic E-state index is 0.392. The minimum atomic E-state index is -0.615. The van der Waals surface area contributed by atoms with Crippen molar-refractivity contribution in [3.63, 3.8) is 0 Å². The molecule has 1 heterocycles. The Morgan fingerprint density at radius 3 is 2.75 bits per heavy atom. The van der Waals surface area contributed by atoms with Gasteiger partial charge in [0.05, 0.1) is 17.8 Å². The lowest BCUT2D eigenvalue weighted by molar-refractivity contribution is 0.162. The maximum atomic E-state index is 9.16. The van der Waals surface area contributed by atoms with E-state index in [0.717, 1.165) is 0 Å². The topological polar surface area (TPSA) is 59.1 Å². The lowest BCUT2D eigenvalue weighted by Crippen LogP contribution is -2.24. The van der Waals surface area contributed by atoms with Gasteiger partial charge in [0.25, 0.3) is 0 Å². The summed E-state index contributed by atoms with van der Waals surface area (Å²) in [5, 5.41) is 9.55. The van der Waals surface area contributed by atoms with E-state index in [4.69, 9.17) is 22.4 Å². The highest BCUT2D eigenvalue weighted by Crippen LogP contribution is 2.13. The normalized spacial score (nSPS) is 15.7. The molecule has 0 amide bonds. The van der Waals surface area contributed by atoms with E-state index in [0.29, 0.717) is 10.8 Å². The molecule has 4 heteroatoms. The van der Waals surface area contributed by atoms with Gasteiger partial charge in [-0.2, -0.15) is 0 Å². The van der Waals surface area contributed by atoms with Gasteiger partial charge in [-0.1, -0.05) is 17.7 Å². The molecular formula is C8H11ClN2O. The molecule has 2 atom stereocenters. The van der Waals surface area contributed by atoms with E-state index in [-0.39, 0.29) is 0 Å². The number of nitrogens with zero attached hydrogens (tertiary/aromatic N) is 1. The van der Waals surface area contributed by atoms with Crippen LogP contribution in [0.25, 0.3) is 0 Å². The summed E-state index contributed by atoms with van der Waals surface area (Å²) < 4.78 is 0. The van der Waals surface area contributed by atoms with E-state index >= 15 is 0 Å². The lowest BCUT2D eigenvalue weighted by atomic mass is 10.1. The molecule has 1 aromatic rings. The van der Waals surface area contributed by atoms with Gasteiger partial charge in [-0.3, -0.25) is 0 Å². The van der Waals surface area contributed by atoms with Crippen LogP contribution < -0.4 is 5.73 Å². The number of hydrogen-bond donors (Lipinski definition) is 2. The number of hydrogen-bond acceptors (Lipinski definition) is 3. The number of rotatable bonds is 2. The molecule has 1 rings (SSSR count). The van der Waals surface area contributed by atoms with Crippen LogP contribution in [0.4, 0.5) is 0 Å². The summed E-state index contributed by atoms with van der Waals surface area (Å²) in [5.41, 5.74) is 6.24. The molecule has 0 spiro atoms. The van der Waals surface area contributed by atoms with Crippen molar-refractivity contribution in [1.29, 1.82) is 0 Å².